The molecule has 0 spiro atoms. The van der Waals surface area contributed by atoms with Gasteiger partial charge in [0, 0.05) is 18.8 Å². The van der Waals surface area contributed by atoms with E-state index in [0.29, 0.717) is 26.3 Å². The monoisotopic (exact) mass is 249 g/mol. The van der Waals surface area contributed by atoms with E-state index in [2.05, 4.69) is 5.32 Å². The maximum absolute atomic E-state index is 12.1. The molecule has 2 rings (SSSR count). The van der Waals surface area contributed by atoms with Crippen molar-refractivity contribution < 1.29 is 9.53 Å². The summed E-state index contributed by atoms with van der Waals surface area (Å²) >= 11 is 0. The zero-order chi connectivity index (χ0) is 13.0. The number of benzene rings is 1. The minimum absolute atomic E-state index is 0.0775. The summed E-state index contributed by atoms with van der Waals surface area (Å²) in [5, 5.41) is 2.88. The van der Waals surface area contributed by atoms with Crippen LogP contribution in [0.5, 0.6) is 0 Å². The average molecular weight is 249 g/mol. The topological polar surface area (TPSA) is 67.6 Å². The predicted molar refractivity (Wildman–Crippen MR) is 70.3 cm³/mol. The minimum Gasteiger partial charge on any atom is -0.377 e. The van der Waals surface area contributed by atoms with Crippen molar-refractivity contribution >= 4 is 11.7 Å². The van der Waals surface area contributed by atoms with Gasteiger partial charge in [0.1, 0.15) is 0 Å². The Hall–Kier alpha value is -1.59. The number of nitrogens with zero attached hydrogens (tertiary/aromatic N) is 1. The number of amides is 2. The molecule has 1 atom stereocenters. The molecule has 0 saturated carbocycles. The number of morpholine rings is 1. The number of nitrogens with one attached hydrogen (secondary N) is 1. The van der Waals surface area contributed by atoms with Crippen molar-refractivity contribution in [2.45, 2.75) is 19.5 Å². The van der Waals surface area contributed by atoms with E-state index in [1.807, 2.05) is 31.2 Å². The van der Waals surface area contributed by atoms with Gasteiger partial charge in [-0.1, -0.05) is 12.1 Å². The van der Waals surface area contributed by atoms with Crippen molar-refractivity contribution in [2.75, 3.05) is 25.1 Å². The van der Waals surface area contributed by atoms with Gasteiger partial charge in [-0.05, 0) is 24.6 Å². The lowest BCUT2D eigenvalue weighted by Crippen LogP contribution is -2.48. The van der Waals surface area contributed by atoms with Gasteiger partial charge in [-0.2, -0.15) is 0 Å². The summed E-state index contributed by atoms with van der Waals surface area (Å²) in [6.07, 6.45) is 0. The summed E-state index contributed by atoms with van der Waals surface area (Å²) in [6.45, 7) is 4.32. The van der Waals surface area contributed by atoms with Gasteiger partial charge in [0.2, 0.25) is 0 Å². The Kier molecular flexibility index (Phi) is 4.17. The molecule has 2 amide bonds. The molecule has 1 saturated heterocycles. The van der Waals surface area contributed by atoms with Gasteiger partial charge in [0.05, 0.1) is 19.3 Å². The van der Waals surface area contributed by atoms with E-state index in [4.69, 9.17) is 10.5 Å². The fourth-order valence-corrected chi connectivity index (χ4v) is 1.95. The van der Waals surface area contributed by atoms with E-state index in [-0.39, 0.29) is 12.1 Å². The highest BCUT2D eigenvalue weighted by Crippen LogP contribution is 2.12. The number of hydrogen-bond acceptors (Lipinski definition) is 3. The number of carbonyl (C=O) groups is 1. The SMILES string of the molecule is CC1COCCN1C(=O)Nc1ccc(CN)cc1. The number of rotatable bonds is 2. The van der Waals surface area contributed by atoms with Gasteiger partial charge >= 0.3 is 6.03 Å². The zero-order valence-electron chi connectivity index (χ0n) is 10.6. The molecule has 3 N–H and O–H groups in total. The van der Waals surface area contributed by atoms with Crippen molar-refractivity contribution in [1.29, 1.82) is 0 Å². The highest BCUT2D eigenvalue weighted by Gasteiger charge is 2.23. The van der Waals surface area contributed by atoms with Crippen LogP contribution in [0, 0.1) is 0 Å². The first-order valence-corrected chi connectivity index (χ1v) is 6.15. The molecule has 1 aliphatic heterocycles. The molecule has 98 valence electrons. The van der Waals surface area contributed by atoms with Crippen molar-refractivity contribution in [3.63, 3.8) is 0 Å². The minimum atomic E-state index is -0.0775. The standard InChI is InChI=1S/C13H19N3O2/c1-10-9-18-7-6-16(10)13(17)15-12-4-2-11(8-14)3-5-12/h2-5,10H,6-9,14H2,1H3,(H,15,17). The Balaban J connectivity index is 1.97. The maximum Gasteiger partial charge on any atom is 0.322 e. The van der Waals surface area contributed by atoms with Crippen molar-refractivity contribution in [2.24, 2.45) is 5.73 Å². The molecule has 1 aliphatic rings. The number of ether oxygens (including phenoxy) is 1. The molecule has 1 aromatic carbocycles. The average Bonchev–Trinajstić information content (AvgIpc) is 2.40. The van der Waals surface area contributed by atoms with Gasteiger partial charge in [0.25, 0.3) is 0 Å². The number of hydrogen-bond donors (Lipinski definition) is 2. The molecule has 5 heteroatoms. The van der Waals surface area contributed by atoms with Crippen molar-refractivity contribution in [1.82, 2.24) is 4.90 Å². The molecule has 0 aliphatic carbocycles. The Bertz CT molecular complexity index is 405. The molecule has 1 heterocycles. The quantitative estimate of drug-likeness (QED) is 0.832. The number of anilines is 1. The molecule has 1 fully saturated rings. The fraction of sp³-hybridized carbons (Fsp3) is 0.462. The molecule has 0 bridgehead atoms. The van der Waals surface area contributed by atoms with E-state index >= 15 is 0 Å². The second kappa shape index (κ2) is 5.84. The molecular formula is C13H19N3O2. The molecule has 18 heavy (non-hydrogen) atoms. The smallest absolute Gasteiger partial charge is 0.322 e. The van der Waals surface area contributed by atoms with E-state index in [9.17, 15) is 4.79 Å². The van der Waals surface area contributed by atoms with E-state index in [0.717, 1.165) is 11.3 Å². The Morgan fingerprint density at radius 1 is 1.50 bits per heavy atom. The van der Waals surface area contributed by atoms with Crippen LogP contribution in [0.4, 0.5) is 10.5 Å². The lowest BCUT2D eigenvalue weighted by molar-refractivity contribution is 0.0222. The highest BCUT2D eigenvalue weighted by atomic mass is 16.5. The molecule has 1 aromatic rings. The Labute approximate surface area is 107 Å². The highest BCUT2D eigenvalue weighted by molar-refractivity contribution is 5.89. The first-order valence-electron chi connectivity index (χ1n) is 6.15. The van der Waals surface area contributed by atoms with Crippen LogP contribution in [0.3, 0.4) is 0 Å². The largest absolute Gasteiger partial charge is 0.377 e. The normalized spacial score (nSPS) is 19.7. The molecule has 5 nitrogen and oxygen atoms in total. The number of nitrogens with two attached hydrogens (primary N) is 1. The third kappa shape index (κ3) is 3.00. The predicted octanol–water partition coefficient (Wildman–Crippen LogP) is 1.40. The van der Waals surface area contributed by atoms with Crippen LogP contribution in [-0.4, -0.2) is 36.7 Å². The first kappa shape index (κ1) is 12.9. The van der Waals surface area contributed by atoms with Gasteiger partial charge in [-0.15, -0.1) is 0 Å². The van der Waals surface area contributed by atoms with Gasteiger partial charge < -0.3 is 20.7 Å². The summed E-state index contributed by atoms with van der Waals surface area (Å²) in [5.74, 6) is 0. The third-order valence-corrected chi connectivity index (χ3v) is 3.07. The van der Waals surface area contributed by atoms with E-state index in [1.165, 1.54) is 0 Å². The molecule has 0 radical (unpaired) electrons. The number of urea groups is 1. The van der Waals surface area contributed by atoms with Crippen molar-refractivity contribution in [3.8, 4) is 0 Å². The summed E-state index contributed by atoms with van der Waals surface area (Å²) in [4.78, 5) is 13.9. The first-order chi connectivity index (χ1) is 8.70. The van der Waals surface area contributed by atoms with Gasteiger partial charge in [-0.25, -0.2) is 4.79 Å². The van der Waals surface area contributed by atoms with Crippen LogP contribution in [0.25, 0.3) is 0 Å². The second-order valence-electron chi connectivity index (χ2n) is 4.45. The fourth-order valence-electron chi connectivity index (χ4n) is 1.95. The lowest BCUT2D eigenvalue weighted by atomic mass is 10.2. The van der Waals surface area contributed by atoms with E-state index < -0.39 is 0 Å². The number of carbonyl (C=O) groups excluding carboxylic acids is 1. The molecular weight excluding hydrogens is 230 g/mol. The van der Waals surface area contributed by atoms with Gasteiger partial charge in [0.15, 0.2) is 0 Å². The van der Waals surface area contributed by atoms with Crippen LogP contribution in [0.2, 0.25) is 0 Å². The summed E-state index contributed by atoms with van der Waals surface area (Å²) in [7, 11) is 0. The lowest BCUT2D eigenvalue weighted by Gasteiger charge is -2.33. The van der Waals surface area contributed by atoms with Crippen LogP contribution in [-0.2, 0) is 11.3 Å². The Morgan fingerprint density at radius 2 is 2.22 bits per heavy atom. The summed E-state index contributed by atoms with van der Waals surface area (Å²) in [6, 6.07) is 7.60. The second-order valence-corrected chi connectivity index (χ2v) is 4.45. The summed E-state index contributed by atoms with van der Waals surface area (Å²) in [5.41, 5.74) is 7.36. The zero-order valence-corrected chi connectivity index (χ0v) is 10.6. The third-order valence-electron chi connectivity index (χ3n) is 3.07. The van der Waals surface area contributed by atoms with Crippen LogP contribution in [0.15, 0.2) is 24.3 Å². The maximum atomic E-state index is 12.1. The molecule has 0 aromatic heterocycles. The van der Waals surface area contributed by atoms with Crippen LogP contribution < -0.4 is 11.1 Å². The van der Waals surface area contributed by atoms with Gasteiger partial charge in [-0.3, -0.25) is 0 Å². The summed E-state index contributed by atoms with van der Waals surface area (Å²) < 4.78 is 5.31. The van der Waals surface area contributed by atoms with E-state index in [1.54, 1.807) is 4.90 Å². The van der Waals surface area contributed by atoms with Crippen LogP contribution >= 0.6 is 0 Å². The molecule has 1 unspecified atom stereocenters. The Morgan fingerprint density at radius 3 is 2.83 bits per heavy atom. The van der Waals surface area contributed by atoms with Crippen LogP contribution in [0.1, 0.15) is 12.5 Å². The van der Waals surface area contributed by atoms with Crippen molar-refractivity contribution in [3.05, 3.63) is 29.8 Å².